The van der Waals surface area contributed by atoms with Crippen LogP contribution in [-0.4, -0.2) is 18.5 Å². The minimum Gasteiger partial charge on any atom is -0.306 e. The molecule has 0 aliphatic heterocycles. The summed E-state index contributed by atoms with van der Waals surface area (Å²) in [7, 11) is 0. The SMILES string of the molecule is CCN=C/C=C\C(C)=N. The van der Waals surface area contributed by atoms with E-state index < -0.39 is 0 Å². The van der Waals surface area contributed by atoms with Crippen LogP contribution < -0.4 is 0 Å². The predicted octanol–water partition coefficient (Wildman–Crippen LogP) is 1.67. The summed E-state index contributed by atoms with van der Waals surface area (Å²) in [6, 6.07) is 0. The van der Waals surface area contributed by atoms with Gasteiger partial charge in [-0.15, -0.1) is 0 Å². The van der Waals surface area contributed by atoms with Crippen LogP contribution in [0.2, 0.25) is 0 Å². The lowest BCUT2D eigenvalue weighted by Crippen LogP contribution is -1.78. The molecule has 0 rings (SSSR count). The second kappa shape index (κ2) is 5.22. The molecule has 0 aromatic carbocycles. The number of hydrogen-bond acceptors (Lipinski definition) is 2. The van der Waals surface area contributed by atoms with Gasteiger partial charge in [-0.05, 0) is 26.0 Å². The van der Waals surface area contributed by atoms with Gasteiger partial charge in [-0.2, -0.15) is 0 Å². The molecule has 2 heteroatoms. The van der Waals surface area contributed by atoms with Gasteiger partial charge in [-0.3, -0.25) is 4.99 Å². The summed E-state index contributed by atoms with van der Waals surface area (Å²) in [5.74, 6) is 0. The van der Waals surface area contributed by atoms with Gasteiger partial charge in [0.25, 0.3) is 0 Å². The van der Waals surface area contributed by atoms with E-state index in [0.29, 0.717) is 5.71 Å². The summed E-state index contributed by atoms with van der Waals surface area (Å²) < 4.78 is 0. The summed E-state index contributed by atoms with van der Waals surface area (Å²) in [5.41, 5.74) is 0.553. The van der Waals surface area contributed by atoms with Gasteiger partial charge < -0.3 is 5.41 Å². The third-order valence-corrected chi connectivity index (χ3v) is 0.720. The molecule has 50 valence electrons. The first kappa shape index (κ1) is 8.08. The Balaban J connectivity index is 3.47. The molecule has 0 saturated heterocycles. The molecular weight excluding hydrogens is 112 g/mol. The maximum Gasteiger partial charge on any atom is 0.0360 e. The molecule has 0 spiro atoms. The van der Waals surface area contributed by atoms with Crippen LogP contribution in [0.5, 0.6) is 0 Å². The molecule has 2 nitrogen and oxygen atoms in total. The van der Waals surface area contributed by atoms with E-state index in [2.05, 4.69) is 4.99 Å². The minimum absolute atomic E-state index is 0.553. The quantitative estimate of drug-likeness (QED) is 0.556. The van der Waals surface area contributed by atoms with E-state index in [-0.39, 0.29) is 0 Å². The van der Waals surface area contributed by atoms with E-state index in [0.717, 1.165) is 6.54 Å². The molecule has 0 aromatic heterocycles. The van der Waals surface area contributed by atoms with Crippen molar-refractivity contribution in [2.24, 2.45) is 4.99 Å². The fraction of sp³-hybridized carbons (Fsp3) is 0.429. The van der Waals surface area contributed by atoms with Crippen molar-refractivity contribution in [2.45, 2.75) is 13.8 Å². The second-order valence-corrected chi connectivity index (χ2v) is 1.69. The maximum absolute atomic E-state index is 6.98. The van der Waals surface area contributed by atoms with Gasteiger partial charge in [0.05, 0.1) is 0 Å². The fourth-order valence-electron chi connectivity index (χ4n) is 0.354. The summed E-state index contributed by atoms with van der Waals surface area (Å²) in [5, 5.41) is 6.98. The van der Waals surface area contributed by atoms with Crippen molar-refractivity contribution in [1.29, 1.82) is 5.41 Å². The van der Waals surface area contributed by atoms with Crippen molar-refractivity contribution in [3.63, 3.8) is 0 Å². The largest absolute Gasteiger partial charge is 0.306 e. The molecule has 0 radical (unpaired) electrons. The molecule has 0 heterocycles. The lowest BCUT2D eigenvalue weighted by molar-refractivity contribution is 1.14. The van der Waals surface area contributed by atoms with Gasteiger partial charge in [0, 0.05) is 18.5 Å². The zero-order valence-corrected chi connectivity index (χ0v) is 5.89. The van der Waals surface area contributed by atoms with Crippen molar-refractivity contribution in [1.82, 2.24) is 0 Å². The highest BCUT2D eigenvalue weighted by atomic mass is 14.7. The molecular formula is C7H12N2. The predicted molar refractivity (Wildman–Crippen MR) is 41.6 cm³/mol. The summed E-state index contributed by atoms with van der Waals surface area (Å²) >= 11 is 0. The number of nitrogens with zero attached hydrogens (tertiary/aromatic N) is 1. The molecule has 0 fully saturated rings. The molecule has 0 unspecified atom stereocenters. The van der Waals surface area contributed by atoms with Gasteiger partial charge in [0.2, 0.25) is 0 Å². The molecule has 1 N–H and O–H groups in total. The number of allylic oxidation sites excluding steroid dienone is 2. The van der Waals surface area contributed by atoms with E-state index in [4.69, 9.17) is 5.41 Å². The van der Waals surface area contributed by atoms with Gasteiger partial charge in [-0.1, -0.05) is 0 Å². The summed E-state index contributed by atoms with van der Waals surface area (Å²) in [6.45, 7) is 4.51. The average Bonchev–Trinajstić information content (AvgIpc) is 1.80. The first-order chi connectivity index (χ1) is 4.27. The van der Waals surface area contributed by atoms with E-state index >= 15 is 0 Å². The lowest BCUT2D eigenvalue weighted by Gasteiger charge is -1.78. The van der Waals surface area contributed by atoms with Gasteiger partial charge in [0.15, 0.2) is 0 Å². The third-order valence-electron chi connectivity index (χ3n) is 0.720. The van der Waals surface area contributed by atoms with Crippen LogP contribution >= 0.6 is 0 Å². The van der Waals surface area contributed by atoms with Crippen molar-refractivity contribution >= 4 is 11.9 Å². The molecule has 0 aliphatic carbocycles. The van der Waals surface area contributed by atoms with Crippen LogP contribution in [0.4, 0.5) is 0 Å². The van der Waals surface area contributed by atoms with Crippen LogP contribution in [0.1, 0.15) is 13.8 Å². The fourth-order valence-corrected chi connectivity index (χ4v) is 0.354. The summed E-state index contributed by atoms with van der Waals surface area (Å²) in [6.07, 6.45) is 5.18. The Morgan fingerprint density at radius 2 is 2.33 bits per heavy atom. The topological polar surface area (TPSA) is 36.2 Å². The van der Waals surface area contributed by atoms with Crippen LogP contribution in [0.25, 0.3) is 0 Å². The van der Waals surface area contributed by atoms with E-state index in [1.807, 2.05) is 6.92 Å². The Morgan fingerprint density at radius 1 is 1.67 bits per heavy atom. The zero-order chi connectivity index (χ0) is 7.11. The highest BCUT2D eigenvalue weighted by Crippen LogP contribution is 1.72. The summed E-state index contributed by atoms with van der Waals surface area (Å²) in [4.78, 5) is 3.94. The number of nitrogens with one attached hydrogen (secondary N) is 1. The van der Waals surface area contributed by atoms with Crippen molar-refractivity contribution in [3.05, 3.63) is 12.2 Å². The smallest absolute Gasteiger partial charge is 0.0360 e. The van der Waals surface area contributed by atoms with Crippen molar-refractivity contribution < 1.29 is 0 Å². The number of aliphatic imine (C=N–C) groups is 1. The molecule has 0 bridgehead atoms. The first-order valence-electron chi connectivity index (χ1n) is 2.99. The minimum atomic E-state index is 0.553. The average molecular weight is 124 g/mol. The Kier molecular flexibility index (Phi) is 4.69. The normalized spacial score (nSPS) is 11.3. The van der Waals surface area contributed by atoms with E-state index in [9.17, 15) is 0 Å². The Morgan fingerprint density at radius 3 is 2.78 bits per heavy atom. The van der Waals surface area contributed by atoms with Gasteiger partial charge >= 0.3 is 0 Å². The standard InChI is InChI=1S/C7H12N2/c1-3-9-6-4-5-7(2)8/h4-6,8H,3H2,1-2H3/b5-4-,8-7?,9-6?. The molecule has 0 aliphatic rings. The molecule has 0 aromatic rings. The second-order valence-electron chi connectivity index (χ2n) is 1.69. The van der Waals surface area contributed by atoms with Crippen molar-refractivity contribution in [3.8, 4) is 0 Å². The Hall–Kier alpha value is -0.920. The monoisotopic (exact) mass is 124 g/mol. The Bertz CT molecular complexity index is 134. The maximum atomic E-state index is 6.98. The molecule has 0 saturated carbocycles. The van der Waals surface area contributed by atoms with Crippen LogP contribution in [0, 0.1) is 5.41 Å². The Labute approximate surface area is 55.8 Å². The lowest BCUT2D eigenvalue weighted by atomic mass is 10.4. The number of hydrogen-bond donors (Lipinski definition) is 1. The highest BCUT2D eigenvalue weighted by Gasteiger charge is 1.70. The van der Waals surface area contributed by atoms with Gasteiger partial charge in [0.1, 0.15) is 0 Å². The van der Waals surface area contributed by atoms with Gasteiger partial charge in [-0.25, -0.2) is 0 Å². The first-order valence-corrected chi connectivity index (χ1v) is 2.99. The highest BCUT2D eigenvalue weighted by molar-refractivity contribution is 5.93. The van der Waals surface area contributed by atoms with E-state index in [1.54, 1.807) is 25.3 Å². The zero-order valence-electron chi connectivity index (χ0n) is 5.89. The van der Waals surface area contributed by atoms with Crippen LogP contribution in [0.3, 0.4) is 0 Å². The number of rotatable bonds is 3. The van der Waals surface area contributed by atoms with E-state index in [1.165, 1.54) is 0 Å². The molecule has 0 amide bonds. The third kappa shape index (κ3) is 7.08. The molecule has 0 atom stereocenters. The van der Waals surface area contributed by atoms with Crippen molar-refractivity contribution in [2.75, 3.05) is 6.54 Å². The van der Waals surface area contributed by atoms with Crippen LogP contribution in [-0.2, 0) is 0 Å². The molecule has 9 heavy (non-hydrogen) atoms. The van der Waals surface area contributed by atoms with Crippen LogP contribution in [0.15, 0.2) is 17.1 Å².